The summed E-state index contributed by atoms with van der Waals surface area (Å²) in [5.41, 5.74) is 4.89. The molecule has 0 aliphatic rings. The molecule has 1 aromatic heterocycles. The molecule has 48 heavy (non-hydrogen) atoms. The molecule has 5 aromatic carbocycles. The third kappa shape index (κ3) is 8.06. The number of thioether (sulfide) groups is 1. The molecule has 3 amide bonds. The maximum absolute atomic E-state index is 13.6. The number of carbonyl (C=O) groups excluding carboxylic acids is 3. The summed E-state index contributed by atoms with van der Waals surface area (Å²) in [5.74, 6) is -1.01. The van der Waals surface area contributed by atoms with Crippen LogP contribution in [0.1, 0.15) is 28.4 Å². The number of aromatic nitrogens is 1. The van der Waals surface area contributed by atoms with E-state index >= 15 is 0 Å². The van der Waals surface area contributed by atoms with E-state index in [1.54, 1.807) is 42.5 Å². The van der Waals surface area contributed by atoms with Gasteiger partial charge in [0.2, 0.25) is 5.91 Å². The summed E-state index contributed by atoms with van der Waals surface area (Å²) in [6.45, 7) is 3.87. The Labute approximate surface area is 287 Å². The lowest BCUT2D eigenvalue weighted by Gasteiger charge is -2.13. The molecule has 1 atom stereocenters. The Hall–Kier alpha value is -5.51. The molecule has 1 unspecified atom stereocenters. The third-order valence-corrected chi connectivity index (χ3v) is 9.40. The van der Waals surface area contributed by atoms with Crippen LogP contribution in [0.4, 0.5) is 10.8 Å². The average Bonchev–Trinajstić information content (AvgIpc) is 3.58. The Balaban J connectivity index is 1.12. The molecule has 0 fully saturated rings. The van der Waals surface area contributed by atoms with Crippen molar-refractivity contribution in [2.45, 2.75) is 24.0 Å². The number of hydrogen-bond acceptors (Lipinski definition) is 6. The monoisotopic (exact) mass is 668 g/mol. The third-order valence-electron chi connectivity index (χ3n) is 7.53. The number of thiazole rings is 1. The van der Waals surface area contributed by atoms with Crippen molar-refractivity contribution >= 4 is 68.5 Å². The standard InChI is InChI=1S/C39H32N4O3S2/c1-25-15-17-28(18-16-25)35-24-47-39(42-35)43-36(44)26(2)48-32-21-19-31(20-22-32)40-38(46)34(41-37(45)29-10-4-3-5-11-29)23-30-13-8-12-27-9-6-7-14-33(27)30/h3-24,26H,1-2H3,(H,40,46)(H,41,45)(H,42,43,44)/b34-23-. The molecule has 0 saturated carbocycles. The van der Waals surface area contributed by atoms with E-state index in [2.05, 4.69) is 20.9 Å². The number of benzene rings is 5. The minimum absolute atomic E-state index is 0.108. The van der Waals surface area contributed by atoms with Gasteiger partial charge in [0, 0.05) is 27.1 Å². The minimum atomic E-state index is -0.464. The molecule has 9 heteroatoms. The lowest BCUT2D eigenvalue weighted by atomic mass is 10.0. The molecule has 3 N–H and O–H groups in total. The second-order valence-corrected chi connectivity index (χ2v) is 13.4. The smallest absolute Gasteiger partial charge is 0.272 e. The quantitative estimate of drug-likeness (QED) is 0.100. The van der Waals surface area contributed by atoms with E-state index in [0.717, 1.165) is 32.5 Å². The van der Waals surface area contributed by atoms with Crippen molar-refractivity contribution in [1.82, 2.24) is 10.3 Å². The fourth-order valence-corrected chi connectivity index (χ4v) is 6.53. The van der Waals surface area contributed by atoms with Gasteiger partial charge in [-0.15, -0.1) is 23.1 Å². The van der Waals surface area contributed by atoms with Crippen molar-refractivity contribution in [1.29, 1.82) is 0 Å². The predicted octanol–water partition coefficient (Wildman–Crippen LogP) is 8.80. The molecular weight excluding hydrogens is 637 g/mol. The maximum Gasteiger partial charge on any atom is 0.272 e. The van der Waals surface area contributed by atoms with E-state index in [9.17, 15) is 14.4 Å². The van der Waals surface area contributed by atoms with E-state index in [0.29, 0.717) is 16.4 Å². The SMILES string of the molecule is Cc1ccc(-c2csc(NC(=O)C(C)Sc3ccc(NC(=O)/C(=C/c4cccc5ccccc45)NC(=O)c4ccccc4)cc3)n2)cc1. The number of fused-ring (bicyclic) bond motifs is 1. The first-order valence-corrected chi connectivity index (χ1v) is 17.1. The zero-order valence-electron chi connectivity index (χ0n) is 26.3. The van der Waals surface area contributed by atoms with Crippen molar-refractivity contribution in [2.24, 2.45) is 0 Å². The summed E-state index contributed by atoms with van der Waals surface area (Å²) in [5, 5.41) is 12.7. The number of carbonyl (C=O) groups is 3. The number of amides is 3. The maximum atomic E-state index is 13.6. The van der Waals surface area contributed by atoms with E-state index in [1.807, 2.05) is 104 Å². The van der Waals surface area contributed by atoms with Gasteiger partial charge in [-0.2, -0.15) is 0 Å². The van der Waals surface area contributed by atoms with Gasteiger partial charge in [0.1, 0.15) is 5.70 Å². The lowest BCUT2D eigenvalue weighted by molar-refractivity contribution is -0.115. The normalized spacial score (nSPS) is 11.9. The fourth-order valence-electron chi connectivity index (χ4n) is 4.94. The van der Waals surface area contributed by atoms with Crippen molar-refractivity contribution < 1.29 is 14.4 Å². The molecule has 7 nitrogen and oxygen atoms in total. The van der Waals surface area contributed by atoms with Crippen LogP contribution in [0, 0.1) is 6.92 Å². The largest absolute Gasteiger partial charge is 0.321 e. The highest BCUT2D eigenvalue weighted by Gasteiger charge is 2.18. The molecule has 0 radical (unpaired) electrons. The van der Waals surface area contributed by atoms with Gasteiger partial charge in [0.15, 0.2) is 5.13 Å². The second-order valence-electron chi connectivity index (χ2n) is 11.1. The second kappa shape index (κ2) is 14.9. The molecule has 0 spiro atoms. The van der Waals surface area contributed by atoms with E-state index < -0.39 is 5.91 Å². The van der Waals surface area contributed by atoms with Crippen LogP contribution in [-0.4, -0.2) is 28.0 Å². The molecule has 238 valence electrons. The van der Waals surface area contributed by atoms with E-state index in [1.165, 1.54) is 28.7 Å². The highest BCUT2D eigenvalue weighted by Crippen LogP contribution is 2.29. The van der Waals surface area contributed by atoms with E-state index in [-0.39, 0.29) is 22.8 Å². The zero-order valence-corrected chi connectivity index (χ0v) is 27.9. The molecule has 1 heterocycles. The molecular formula is C39H32N4O3S2. The Morgan fingerprint density at radius 2 is 1.50 bits per heavy atom. The highest BCUT2D eigenvalue weighted by molar-refractivity contribution is 8.00. The topological polar surface area (TPSA) is 100 Å². The van der Waals surface area contributed by atoms with Crippen LogP contribution in [0.3, 0.4) is 0 Å². The first kappa shape index (κ1) is 32.4. The average molecular weight is 669 g/mol. The van der Waals surface area contributed by atoms with Gasteiger partial charge in [-0.05, 0) is 72.7 Å². The zero-order chi connectivity index (χ0) is 33.5. The predicted molar refractivity (Wildman–Crippen MR) is 197 cm³/mol. The van der Waals surface area contributed by atoms with Crippen molar-refractivity contribution in [3.8, 4) is 11.3 Å². The Morgan fingerprint density at radius 1 is 0.792 bits per heavy atom. The number of rotatable bonds is 10. The van der Waals surface area contributed by atoms with Gasteiger partial charge in [-0.25, -0.2) is 4.98 Å². The molecule has 0 aliphatic heterocycles. The molecule has 0 saturated heterocycles. The Bertz CT molecular complexity index is 2100. The molecule has 6 rings (SSSR count). The van der Waals surface area contributed by atoms with Crippen LogP contribution in [0.2, 0.25) is 0 Å². The van der Waals surface area contributed by atoms with Crippen LogP contribution in [0.5, 0.6) is 0 Å². The number of nitrogens with one attached hydrogen (secondary N) is 3. The van der Waals surface area contributed by atoms with Gasteiger partial charge < -0.3 is 16.0 Å². The summed E-state index contributed by atoms with van der Waals surface area (Å²) in [6.07, 6.45) is 1.69. The number of nitrogens with zero attached hydrogens (tertiary/aromatic N) is 1. The van der Waals surface area contributed by atoms with Gasteiger partial charge in [0.05, 0.1) is 10.9 Å². The Kier molecular flexibility index (Phi) is 10.1. The number of anilines is 2. The van der Waals surface area contributed by atoms with Crippen LogP contribution >= 0.6 is 23.1 Å². The first-order chi connectivity index (χ1) is 23.3. The van der Waals surface area contributed by atoms with Crippen LogP contribution in [0.25, 0.3) is 28.1 Å². The Morgan fingerprint density at radius 3 is 2.27 bits per heavy atom. The minimum Gasteiger partial charge on any atom is -0.321 e. The summed E-state index contributed by atoms with van der Waals surface area (Å²) in [7, 11) is 0. The van der Waals surface area contributed by atoms with Crippen LogP contribution in [0.15, 0.2) is 137 Å². The first-order valence-electron chi connectivity index (χ1n) is 15.3. The highest BCUT2D eigenvalue weighted by atomic mass is 32.2. The van der Waals surface area contributed by atoms with Gasteiger partial charge in [-0.3, -0.25) is 14.4 Å². The molecule has 0 aliphatic carbocycles. The number of hydrogen-bond donors (Lipinski definition) is 3. The van der Waals surface area contributed by atoms with Crippen molar-refractivity contribution in [3.63, 3.8) is 0 Å². The van der Waals surface area contributed by atoms with E-state index in [4.69, 9.17) is 0 Å². The molecule has 0 bridgehead atoms. The summed E-state index contributed by atoms with van der Waals surface area (Å²) >= 11 is 2.79. The van der Waals surface area contributed by atoms with Gasteiger partial charge in [-0.1, -0.05) is 90.5 Å². The summed E-state index contributed by atoms with van der Waals surface area (Å²) < 4.78 is 0. The van der Waals surface area contributed by atoms with Crippen molar-refractivity contribution in [3.05, 3.63) is 149 Å². The van der Waals surface area contributed by atoms with Crippen molar-refractivity contribution in [2.75, 3.05) is 10.6 Å². The summed E-state index contributed by atoms with van der Waals surface area (Å²) in [6, 6.07) is 37.8. The number of aryl methyl sites for hydroxylation is 1. The lowest BCUT2D eigenvalue weighted by Crippen LogP contribution is -2.30. The van der Waals surface area contributed by atoms with Gasteiger partial charge in [0.25, 0.3) is 11.8 Å². The fraction of sp³-hybridized carbons (Fsp3) is 0.0769. The van der Waals surface area contributed by atoms with Crippen LogP contribution in [-0.2, 0) is 9.59 Å². The summed E-state index contributed by atoms with van der Waals surface area (Å²) in [4.78, 5) is 45.1. The van der Waals surface area contributed by atoms with Gasteiger partial charge >= 0.3 is 0 Å². The molecule has 6 aromatic rings. The van der Waals surface area contributed by atoms with Crippen LogP contribution < -0.4 is 16.0 Å².